The molecule has 0 radical (unpaired) electrons. The Morgan fingerprint density at radius 2 is 1.52 bits per heavy atom. The molecule has 0 fully saturated rings. The van der Waals surface area contributed by atoms with Gasteiger partial charge < -0.3 is 19.5 Å². The van der Waals surface area contributed by atoms with E-state index in [0.717, 1.165) is 5.56 Å². The van der Waals surface area contributed by atoms with Gasteiger partial charge in [-0.25, -0.2) is 9.59 Å². The van der Waals surface area contributed by atoms with E-state index in [4.69, 9.17) is 14.2 Å². The lowest BCUT2D eigenvalue weighted by atomic mass is 9.90. The van der Waals surface area contributed by atoms with Crippen LogP contribution in [0.25, 0.3) is 0 Å². The van der Waals surface area contributed by atoms with Gasteiger partial charge in [-0.2, -0.15) is 0 Å². The van der Waals surface area contributed by atoms with Crippen LogP contribution in [0.5, 0.6) is 5.75 Å². The monoisotopic (exact) mass is 351 g/mol. The van der Waals surface area contributed by atoms with E-state index < -0.39 is 23.4 Å². The lowest BCUT2D eigenvalue weighted by Crippen LogP contribution is -2.61. The Bertz CT molecular complexity index is 578. The first-order valence-electron chi connectivity index (χ1n) is 8.15. The van der Waals surface area contributed by atoms with E-state index in [0.29, 0.717) is 12.2 Å². The molecule has 7 heteroatoms. The van der Waals surface area contributed by atoms with Crippen molar-refractivity contribution in [3.63, 3.8) is 0 Å². The van der Waals surface area contributed by atoms with E-state index in [-0.39, 0.29) is 19.6 Å². The Hall–Kier alpha value is -2.57. The van der Waals surface area contributed by atoms with Crippen molar-refractivity contribution < 1.29 is 28.6 Å². The molecule has 0 aliphatic heterocycles. The second-order valence-corrected chi connectivity index (χ2v) is 5.38. The molecule has 0 saturated heterocycles. The first-order chi connectivity index (χ1) is 11.9. The van der Waals surface area contributed by atoms with Gasteiger partial charge in [-0.15, -0.1) is 0 Å². The fraction of sp³-hybridized carbons (Fsp3) is 0.500. The van der Waals surface area contributed by atoms with Crippen molar-refractivity contribution in [3.8, 4) is 5.75 Å². The summed E-state index contributed by atoms with van der Waals surface area (Å²) in [7, 11) is 1.57. The summed E-state index contributed by atoms with van der Waals surface area (Å²) in [6.07, 6.45) is 0.387. The zero-order valence-corrected chi connectivity index (χ0v) is 15.1. The molecular formula is C18H25NO6. The molecule has 1 rings (SSSR count). The van der Waals surface area contributed by atoms with Crippen LogP contribution in [0.4, 0.5) is 0 Å². The van der Waals surface area contributed by atoms with Gasteiger partial charge in [-0.05, 0) is 44.4 Å². The number of hydrogen-bond donors (Lipinski definition) is 1. The van der Waals surface area contributed by atoms with Crippen LogP contribution < -0.4 is 10.1 Å². The van der Waals surface area contributed by atoms with Crippen LogP contribution in [0.15, 0.2) is 24.3 Å². The molecule has 0 atom stereocenters. The Balaban J connectivity index is 3.10. The van der Waals surface area contributed by atoms with Gasteiger partial charge >= 0.3 is 11.9 Å². The summed E-state index contributed by atoms with van der Waals surface area (Å²) in [4.78, 5) is 36.6. The van der Waals surface area contributed by atoms with Crippen LogP contribution >= 0.6 is 0 Å². The molecule has 0 aromatic heterocycles. The van der Waals surface area contributed by atoms with Gasteiger partial charge in [0, 0.05) is 6.92 Å². The molecular weight excluding hydrogens is 326 g/mol. The Morgan fingerprint density at radius 3 is 1.92 bits per heavy atom. The maximum Gasteiger partial charge on any atom is 0.343 e. The second kappa shape index (κ2) is 9.66. The summed E-state index contributed by atoms with van der Waals surface area (Å²) in [6.45, 7) is 4.67. The van der Waals surface area contributed by atoms with Crippen LogP contribution in [0.3, 0.4) is 0 Å². The molecule has 7 nitrogen and oxygen atoms in total. The van der Waals surface area contributed by atoms with E-state index in [9.17, 15) is 14.4 Å². The van der Waals surface area contributed by atoms with Crippen molar-refractivity contribution in [3.05, 3.63) is 29.8 Å². The number of aryl methyl sites for hydroxylation is 1. The highest BCUT2D eigenvalue weighted by atomic mass is 16.6. The number of benzene rings is 1. The number of amides is 1. The highest BCUT2D eigenvalue weighted by molar-refractivity contribution is 6.07. The molecule has 0 heterocycles. The minimum Gasteiger partial charge on any atom is -0.497 e. The summed E-state index contributed by atoms with van der Waals surface area (Å²) < 4.78 is 15.2. The minimum absolute atomic E-state index is 0.0244. The number of carbonyl (C=O) groups is 3. The summed E-state index contributed by atoms with van der Waals surface area (Å²) in [5.74, 6) is -1.46. The molecule has 1 aromatic rings. The average Bonchev–Trinajstić information content (AvgIpc) is 2.59. The van der Waals surface area contributed by atoms with Crippen LogP contribution in [-0.4, -0.2) is 43.7 Å². The fourth-order valence-electron chi connectivity index (χ4n) is 2.39. The van der Waals surface area contributed by atoms with E-state index in [1.54, 1.807) is 33.1 Å². The van der Waals surface area contributed by atoms with E-state index in [1.807, 2.05) is 12.1 Å². The SMILES string of the molecule is CCOC(=O)C(CCc1ccc(OC)cc1)(NC(C)=O)C(=O)OCC. The molecule has 1 N–H and O–H groups in total. The normalized spacial score (nSPS) is 10.7. The average molecular weight is 351 g/mol. The number of rotatable bonds is 9. The van der Waals surface area contributed by atoms with Crippen LogP contribution in [0.1, 0.15) is 32.8 Å². The van der Waals surface area contributed by atoms with Crippen LogP contribution in [-0.2, 0) is 30.3 Å². The highest BCUT2D eigenvalue weighted by Gasteiger charge is 2.49. The molecule has 0 bridgehead atoms. The van der Waals surface area contributed by atoms with Crippen molar-refractivity contribution in [2.24, 2.45) is 0 Å². The molecule has 1 aromatic carbocycles. The van der Waals surface area contributed by atoms with E-state index >= 15 is 0 Å². The summed E-state index contributed by atoms with van der Waals surface area (Å²) >= 11 is 0. The number of hydrogen-bond acceptors (Lipinski definition) is 6. The molecule has 0 spiro atoms. The minimum atomic E-state index is -1.86. The van der Waals surface area contributed by atoms with Crippen LogP contribution in [0, 0.1) is 0 Å². The maximum atomic E-state index is 12.5. The number of ether oxygens (including phenoxy) is 3. The van der Waals surface area contributed by atoms with Gasteiger partial charge in [0.1, 0.15) is 5.75 Å². The fourth-order valence-corrected chi connectivity index (χ4v) is 2.39. The van der Waals surface area contributed by atoms with Crippen molar-refractivity contribution in [1.29, 1.82) is 0 Å². The van der Waals surface area contributed by atoms with Crippen molar-refractivity contribution >= 4 is 17.8 Å². The number of methoxy groups -OCH3 is 1. The summed E-state index contributed by atoms with van der Waals surface area (Å²) in [5.41, 5.74) is -0.984. The zero-order chi connectivity index (χ0) is 18.9. The summed E-state index contributed by atoms with van der Waals surface area (Å²) in [6, 6.07) is 7.22. The molecule has 138 valence electrons. The predicted molar refractivity (Wildman–Crippen MR) is 91.1 cm³/mol. The van der Waals surface area contributed by atoms with Gasteiger partial charge in [0.2, 0.25) is 11.4 Å². The zero-order valence-electron chi connectivity index (χ0n) is 15.1. The standard InChI is InChI=1S/C18H25NO6/c1-5-24-16(21)18(19-13(3)20,17(22)25-6-2)12-11-14-7-9-15(23-4)10-8-14/h7-10H,5-6,11-12H2,1-4H3,(H,19,20). The molecule has 0 aliphatic carbocycles. The quantitative estimate of drug-likeness (QED) is 0.537. The van der Waals surface area contributed by atoms with E-state index in [1.165, 1.54) is 6.92 Å². The number of esters is 2. The lowest BCUT2D eigenvalue weighted by molar-refractivity contribution is -0.168. The van der Waals surface area contributed by atoms with Gasteiger partial charge in [0.25, 0.3) is 0 Å². The third-order valence-electron chi connectivity index (χ3n) is 3.58. The van der Waals surface area contributed by atoms with Crippen LogP contribution in [0.2, 0.25) is 0 Å². The largest absolute Gasteiger partial charge is 0.497 e. The topological polar surface area (TPSA) is 90.9 Å². The maximum absolute atomic E-state index is 12.5. The van der Waals surface area contributed by atoms with Crippen molar-refractivity contribution in [1.82, 2.24) is 5.32 Å². The molecule has 0 saturated carbocycles. The Kier molecular flexibility index (Phi) is 7.91. The lowest BCUT2D eigenvalue weighted by Gasteiger charge is -2.29. The highest BCUT2D eigenvalue weighted by Crippen LogP contribution is 2.21. The molecule has 25 heavy (non-hydrogen) atoms. The Labute approximate surface area is 147 Å². The summed E-state index contributed by atoms with van der Waals surface area (Å²) in [5, 5.41) is 2.44. The van der Waals surface area contributed by atoms with E-state index in [2.05, 4.69) is 5.32 Å². The van der Waals surface area contributed by atoms with Gasteiger partial charge in [0.05, 0.1) is 20.3 Å². The Morgan fingerprint density at radius 1 is 1.00 bits per heavy atom. The number of nitrogens with one attached hydrogen (secondary N) is 1. The molecule has 0 aliphatic rings. The first kappa shape index (κ1) is 20.5. The van der Waals surface area contributed by atoms with Crippen molar-refractivity contribution in [2.75, 3.05) is 20.3 Å². The molecule has 0 unspecified atom stereocenters. The third kappa shape index (κ3) is 5.48. The number of carbonyl (C=O) groups excluding carboxylic acids is 3. The first-order valence-corrected chi connectivity index (χ1v) is 8.15. The molecule has 1 amide bonds. The third-order valence-corrected chi connectivity index (χ3v) is 3.58. The van der Waals surface area contributed by atoms with Crippen molar-refractivity contribution in [2.45, 2.75) is 39.2 Å². The predicted octanol–water partition coefficient (Wildman–Crippen LogP) is 1.63. The van der Waals surface area contributed by atoms with Gasteiger partial charge in [-0.1, -0.05) is 12.1 Å². The van der Waals surface area contributed by atoms with Gasteiger partial charge in [0.15, 0.2) is 0 Å². The smallest absolute Gasteiger partial charge is 0.343 e. The second-order valence-electron chi connectivity index (χ2n) is 5.38. The van der Waals surface area contributed by atoms with Gasteiger partial charge in [-0.3, -0.25) is 4.79 Å².